The molecule has 1 aromatic heterocycles. The molecule has 0 saturated heterocycles. The predicted molar refractivity (Wildman–Crippen MR) is 110 cm³/mol. The first-order chi connectivity index (χ1) is 13.9. The molecule has 29 heavy (non-hydrogen) atoms. The molecule has 7 heteroatoms. The Kier molecular flexibility index (Phi) is 4.96. The molecule has 1 aliphatic heterocycles. The summed E-state index contributed by atoms with van der Waals surface area (Å²) in [5, 5.41) is 2.86. The zero-order valence-electron chi connectivity index (χ0n) is 16.9. The number of carbonyl (C=O) groups excluding carboxylic acids is 1. The topological polar surface area (TPSA) is 82.6 Å². The third kappa shape index (κ3) is 3.94. The first kappa shape index (κ1) is 19.0. The summed E-state index contributed by atoms with van der Waals surface area (Å²) in [6.45, 7) is 8.78. The molecule has 0 radical (unpaired) electrons. The Morgan fingerprint density at radius 2 is 1.66 bits per heavy atom. The molecule has 0 aliphatic carbocycles. The Morgan fingerprint density at radius 1 is 1.00 bits per heavy atom. The molecule has 1 amide bonds. The van der Waals surface area contributed by atoms with Crippen molar-refractivity contribution < 1.29 is 19.0 Å². The van der Waals surface area contributed by atoms with Gasteiger partial charge in [0.05, 0.1) is 17.1 Å². The highest BCUT2D eigenvalue weighted by atomic mass is 16.6. The second-order valence-electron chi connectivity index (χ2n) is 7.28. The number of hydrogen-bond acceptors (Lipinski definition) is 6. The maximum absolute atomic E-state index is 13.0. The summed E-state index contributed by atoms with van der Waals surface area (Å²) in [5.41, 5.74) is 4.26. The van der Waals surface area contributed by atoms with Gasteiger partial charge in [-0.3, -0.25) is 4.79 Å². The van der Waals surface area contributed by atoms with Gasteiger partial charge in [-0.2, -0.15) is 0 Å². The maximum Gasteiger partial charge on any atom is 0.279 e. The van der Waals surface area contributed by atoms with E-state index in [0.29, 0.717) is 41.4 Å². The van der Waals surface area contributed by atoms with E-state index in [0.717, 1.165) is 11.1 Å². The van der Waals surface area contributed by atoms with Gasteiger partial charge in [-0.1, -0.05) is 0 Å². The second kappa shape index (κ2) is 7.58. The van der Waals surface area contributed by atoms with Crippen LogP contribution >= 0.6 is 0 Å². The molecule has 0 fully saturated rings. The van der Waals surface area contributed by atoms with Crippen molar-refractivity contribution in [3.8, 4) is 17.4 Å². The fourth-order valence-corrected chi connectivity index (χ4v) is 3.06. The molecule has 2 heterocycles. The summed E-state index contributed by atoms with van der Waals surface area (Å²) in [4.78, 5) is 22.1. The second-order valence-corrected chi connectivity index (χ2v) is 7.28. The lowest BCUT2D eigenvalue weighted by molar-refractivity contribution is 0.101. The molecular weight excluding hydrogens is 370 g/mol. The van der Waals surface area contributed by atoms with Crippen molar-refractivity contribution in [1.82, 2.24) is 9.97 Å². The van der Waals surface area contributed by atoms with Crippen molar-refractivity contribution >= 4 is 22.6 Å². The fraction of sp³-hybridized carbons (Fsp3) is 0.318. The molecule has 1 aliphatic rings. The average molecular weight is 393 g/mol. The molecule has 0 unspecified atom stereocenters. The van der Waals surface area contributed by atoms with Gasteiger partial charge in [0.15, 0.2) is 17.2 Å². The monoisotopic (exact) mass is 393 g/mol. The molecule has 0 atom stereocenters. The zero-order chi connectivity index (χ0) is 20.5. The van der Waals surface area contributed by atoms with Crippen molar-refractivity contribution in [3.63, 3.8) is 0 Å². The van der Waals surface area contributed by atoms with Crippen LogP contribution in [0.5, 0.6) is 17.4 Å². The van der Waals surface area contributed by atoms with Crippen LogP contribution < -0.4 is 19.5 Å². The van der Waals surface area contributed by atoms with E-state index in [2.05, 4.69) is 15.3 Å². The standard InChI is InChI=1S/C22H23N3O4/c1-12(2)29-22-20(24-16-9-13(3)14(4)10-17(16)25-22)21(26)23-15-5-6-18-19(11-15)28-8-7-27-18/h5-6,9-12H,7-8H2,1-4H3,(H,23,26). The van der Waals surface area contributed by atoms with Crippen molar-refractivity contribution in [1.29, 1.82) is 0 Å². The van der Waals surface area contributed by atoms with Gasteiger partial charge < -0.3 is 19.5 Å². The third-order valence-electron chi connectivity index (χ3n) is 4.61. The Morgan fingerprint density at radius 3 is 2.34 bits per heavy atom. The predicted octanol–water partition coefficient (Wildman–Crippen LogP) is 4.06. The van der Waals surface area contributed by atoms with Gasteiger partial charge in [0.2, 0.25) is 5.88 Å². The van der Waals surface area contributed by atoms with Gasteiger partial charge in [-0.05, 0) is 63.1 Å². The fourth-order valence-electron chi connectivity index (χ4n) is 3.06. The zero-order valence-corrected chi connectivity index (χ0v) is 16.9. The quantitative estimate of drug-likeness (QED) is 0.720. The number of nitrogens with zero attached hydrogens (tertiary/aromatic N) is 2. The highest BCUT2D eigenvalue weighted by Crippen LogP contribution is 2.33. The van der Waals surface area contributed by atoms with Gasteiger partial charge in [0.1, 0.15) is 13.2 Å². The minimum atomic E-state index is -0.398. The van der Waals surface area contributed by atoms with E-state index < -0.39 is 5.91 Å². The lowest BCUT2D eigenvalue weighted by Gasteiger charge is -2.19. The number of ether oxygens (including phenoxy) is 3. The summed E-state index contributed by atoms with van der Waals surface area (Å²) in [6, 6.07) is 9.15. The first-order valence-electron chi connectivity index (χ1n) is 9.57. The summed E-state index contributed by atoms with van der Waals surface area (Å²) in [7, 11) is 0. The molecule has 150 valence electrons. The number of fused-ring (bicyclic) bond motifs is 2. The van der Waals surface area contributed by atoms with Gasteiger partial charge in [0.25, 0.3) is 5.91 Å². The molecular formula is C22H23N3O4. The minimum absolute atomic E-state index is 0.143. The molecule has 2 aromatic carbocycles. The van der Waals surface area contributed by atoms with Gasteiger partial charge in [-0.25, -0.2) is 9.97 Å². The molecule has 0 bridgehead atoms. The number of benzene rings is 2. The summed E-state index contributed by atoms with van der Waals surface area (Å²) in [5.74, 6) is 1.08. The number of hydrogen-bond donors (Lipinski definition) is 1. The Labute approximate surface area is 169 Å². The van der Waals surface area contributed by atoms with E-state index in [1.165, 1.54) is 0 Å². The van der Waals surface area contributed by atoms with E-state index >= 15 is 0 Å². The summed E-state index contributed by atoms with van der Waals surface area (Å²) < 4.78 is 16.9. The lowest BCUT2D eigenvalue weighted by Crippen LogP contribution is -2.19. The molecule has 0 spiro atoms. The number of anilines is 1. The van der Waals surface area contributed by atoms with E-state index in [1.54, 1.807) is 18.2 Å². The normalized spacial score (nSPS) is 12.9. The van der Waals surface area contributed by atoms with Crippen molar-refractivity contribution in [3.05, 3.63) is 47.2 Å². The summed E-state index contributed by atoms with van der Waals surface area (Å²) in [6.07, 6.45) is -0.144. The van der Waals surface area contributed by atoms with Crippen LogP contribution in [0.25, 0.3) is 11.0 Å². The lowest BCUT2D eigenvalue weighted by atomic mass is 10.1. The number of nitrogens with one attached hydrogen (secondary N) is 1. The van der Waals surface area contributed by atoms with Gasteiger partial charge in [-0.15, -0.1) is 0 Å². The van der Waals surface area contributed by atoms with Crippen LogP contribution in [0.1, 0.15) is 35.5 Å². The first-order valence-corrected chi connectivity index (χ1v) is 9.57. The number of aromatic nitrogens is 2. The van der Waals surface area contributed by atoms with Crippen LogP contribution in [0.15, 0.2) is 30.3 Å². The number of carbonyl (C=O) groups is 1. The Bertz CT molecular complexity index is 1100. The molecule has 3 aromatic rings. The largest absolute Gasteiger partial charge is 0.486 e. The van der Waals surface area contributed by atoms with Gasteiger partial charge >= 0.3 is 0 Å². The van der Waals surface area contributed by atoms with E-state index in [-0.39, 0.29) is 17.7 Å². The molecule has 7 nitrogen and oxygen atoms in total. The Hall–Kier alpha value is -3.35. The average Bonchev–Trinajstić information content (AvgIpc) is 2.68. The third-order valence-corrected chi connectivity index (χ3v) is 4.61. The summed E-state index contributed by atoms with van der Waals surface area (Å²) >= 11 is 0. The van der Waals surface area contributed by atoms with Crippen LogP contribution in [0, 0.1) is 13.8 Å². The highest BCUT2D eigenvalue weighted by molar-refractivity contribution is 6.05. The van der Waals surface area contributed by atoms with E-state index in [9.17, 15) is 4.79 Å². The van der Waals surface area contributed by atoms with Crippen molar-refractivity contribution in [2.75, 3.05) is 18.5 Å². The minimum Gasteiger partial charge on any atom is -0.486 e. The maximum atomic E-state index is 13.0. The molecule has 1 N–H and O–H groups in total. The van der Waals surface area contributed by atoms with Gasteiger partial charge in [0, 0.05) is 11.8 Å². The smallest absolute Gasteiger partial charge is 0.279 e. The van der Waals surface area contributed by atoms with Crippen molar-refractivity contribution in [2.24, 2.45) is 0 Å². The van der Waals surface area contributed by atoms with Crippen LogP contribution in [0.4, 0.5) is 5.69 Å². The molecule has 0 saturated carbocycles. The van der Waals surface area contributed by atoms with E-state index in [1.807, 2.05) is 39.8 Å². The van der Waals surface area contributed by atoms with Crippen LogP contribution in [0.3, 0.4) is 0 Å². The van der Waals surface area contributed by atoms with Crippen LogP contribution in [-0.4, -0.2) is 35.2 Å². The Balaban J connectivity index is 1.70. The van der Waals surface area contributed by atoms with Crippen molar-refractivity contribution in [2.45, 2.75) is 33.8 Å². The molecule has 4 rings (SSSR count). The van der Waals surface area contributed by atoms with Crippen LogP contribution in [0.2, 0.25) is 0 Å². The SMILES string of the molecule is Cc1cc2nc(OC(C)C)c(C(=O)Nc3ccc4c(c3)OCCO4)nc2cc1C. The highest BCUT2D eigenvalue weighted by Gasteiger charge is 2.21. The number of amides is 1. The number of rotatable bonds is 4. The number of aryl methyl sites for hydroxylation is 2. The van der Waals surface area contributed by atoms with Crippen LogP contribution in [-0.2, 0) is 0 Å². The van der Waals surface area contributed by atoms with E-state index in [4.69, 9.17) is 14.2 Å².